The van der Waals surface area contributed by atoms with Crippen molar-refractivity contribution >= 4 is 5.78 Å². The van der Waals surface area contributed by atoms with Crippen LogP contribution in [0, 0.1) is 5.92 Å². The maximum atomic E-state index is 10.9. The van der Waals surface area contributed by atoms with Crippen LogP contribution in [0.3, 0.4) is 0 Å². The SMILES string of the molecule is COC/C=C\C(=O)C(C)C. The van der Waals surface area contributed by atoms with Gasteiger partial charge < -0.3 is 4.74 Å². The van der Waals surface area contributed by atoms with Crippen molar-refractivity contribution in [3.05, 3.63) is 12.2 Å². The monoisotopic (exact) mass is 142 g/mol. The van der Waals surface area contributed by atoms with E-state index in [4.69, 9.17) is 4.74 Å². The Bertz CT molecular complexity index is 125. The summed E-state index contributed by atoms with van der Waals surface area (Å²) in [5.41, 5.74) is 0. The van der Waals surface area contributed by atoms with E-state index in [2.05, 4.69) is 0 Å². The molecule has 0 rings (SSSR count). The van der Waals surface area contributed by atoms with Crippen LogP contribution in [0.25, 0.3) is 0 Å². The summed E-state index contributed by atoms with van der Waals surface area (Å²) in [5.74, 6) is 0.241. The lowest BCUT2D eigenvalue weighted by molar-refractivity contribution is -0.117. The van der Waals surface area contributed by atoms with Crippen molar-refractivity contribution in [1.29, 1.82) is 0 Å². The number of hydrogen-bond donors (Lipinski definition) is 0. The summed E-state index contributed by atoms with van der Waals surface area (Å²) in [7, 11) is 1.60. The molecule has 0 saturated carbocycles. The molecule has 0 spiro atoms. The molecular formula is C8H14O2. The highest BCUT2D eigenvalue weighted by Crippen LogP contribution is 1.94. The van der Waals surface area contributed by atoms with Crippen LogP contribution in [0.2, 0.25) is 0 Å². The summed E-state index contributed by atoms with van der Waals surface area (Å²) in [4.78, 5) is 10.9. The number of carbonyl (C=O) groups is 1. The molecule has 0 radical (unpaired) electrons. The predicted molar refractivity (Wildman–Crippen MR) is 40.9 cm³/mol. The Morgan fingerprint density at radius 2 is 2.20 bits per heavy atom. The summed E-state index contributed by atoms with van der Waals surface area (Å²) in [6.07, 6.45) is 3.29. The fourth-order valence-corrected chi connectivity index (χ4v) is 0.453. The molecule has 0 fully saturated rings. The van der Waals surface area contributed by atoms with Gasteiger partial charge in [0.15, 0.2) is 5.78 Å². The summed E-state index contributed by atoms with van der Waals surface area (Å²) in [6.45, 7) is 4.26. The van der Waals surface area contributed by atoms with Crippen molar-refractivity contribution in [2.45, 2.75) is 13.8 Å². The van der Waals surface area contributed by atoms with Gasteiger partial charge in [0, 0.05) is 13.0 Å². The summed E-state index contributed by atoms with van der Waals surface area (Å²) in [5, 5.41) is 0. The quantitative estimate of drug-likeness (QED) is 0.555. The molecule has 58 valence electrons. The average molecular weight is 142 g/mol. The molecular weight excluding hydrogens is 128 g/mol. The normalized spacial score (nSPS) is 11.2. The van der Waals surface area contributed by atoms with Gasteiger partial charge in [0.25, 0.3) is 0 Å². The van der Waals surface area contributed by atoms with E-state index in [1.54, 1.807) is 19.3 Å². The van der Waals surface area contributed by atoms with Crippen LogP contribution in [0.5, 0.6) is 0 Å². The van der Waals surface area contributed by atoms with Crippen LogP contribution in [-0.2, 0) is 9.53 Å². The van der Waals surface area contributed by atoms with Crippen LogP contribution in [0.15, 0.2) is 12.2 Å². The molecule has 0 amide bonds. The van der Waals surface area contributed by atoms with Gasteiger partial charge in [-0.1, -0.05) is 19.9 Å². The van der Waals surface area contributed by atoms with Gasteiger partial charge in [-0.2, -0.15) is 0 Å². The zero-order chi connectivity index (χ0) is 7.98. The first kappa shape index (κ1) is 9.37. The van der Waals surface area contributed by atoms with Gasteiger partial charge in [0.1, 0.15) is 0 Å². The van der Waals surface area contributed by atoms with E-state index in [-0.39, 0.29) is 11.7 Å². The Morgan fingerprint density at radius 3 is 2.60 bits per heavy atom. The van der Waals surface area contributed by atoms with Crippen molar-refractivity contribution in [2.75, 3.05) is 13.7 Å². The average Bonchev–Trinajstić information content (AvgIpc) is 1.88. The number of methoxy groups -OCH3 is 1. The Morgan fingerprint density at radius 1 is 1.60 bits per heavy atom. The lowest BCUT2D eigenvalue weighted by atomic mass is 10.1. The zero-order valence-electron chi connectivity index (χ0n) is 6.76. The second-order valence-electron chi connectivity index (χ2n) is 2.41. The van der Waals surface area contributed by atoms with Gasteiger partial charge in [-0.05, 0) is 6.08 Å². The molecule has 0 aromatic carbocycles. The Labute approximate surface area is 61.9 Å². The molecule has 0 aliphatic rings. The fourth-order valence-electron chi connectivity index (χ4n) is 0.453. The number of carbonyl (C=O) groups excluding carboxylic acids is 1. The Kier molecular flexibility index (Phi) is 4.85. The van der Waals surface area contributed by atoms with Gasteiger partial charge >= 0.3 is 0 Å². The van der Waals surface area contributed by atoms with Gasteiger partial charge in [-0.3, -0.25) is 4.79 Å². The number of rotatable bonds is 4. The van der Waals surface area contributed by atoms with Gasteiger partial charge in [-0.25, -0.2) is 0 Å². The minimum atomic E-state index is 0.0908. The highest BCUT2D eigenvalue weighted by Gasteiger charge is 1.99. The molecule has 10 heavy (non-hydrogen) atoms. The van der Waals surface area contributed by atoms with Crippen LogP contribution in [0.1, 0.15) is 13.8 Å². The molecule has 2 nitrogen and oxygen atoms in total. The molecule has 0 heterocycles. The molecule has 0 atom stereocenters. The van der Waals surface area contributed by atoms with Crippen molar-refractivity contribution in [3.63, 3.8) is 0 Å². The molecule has 2 heteroatoms. The molecule has 0 aliphatic carbocycles. The molecule has 0 N–H and O–H groups in total. The highest BCUT2D eigenvalue weighted by atomic mass is 16.5. The Hall–Kier alpha value is -0.630. The van der Waals surface area contributed by atoms with E-state index in [0.717, 1.165) is 0 Å². The summed E-state index contributed by atoms with van der Waals surface area (Å²) >= 11 is 0. The number of hydrogen-bond acceptors (Lipinski definition) is 2. The van der Waals surface area contributed by atoms with Crippen LogP contribution < -0.4 is 0 Å². The van der Waals surface area contributed by atoms with Crippen molar-refractivity contribution in [1.82, 2.24) is 0 Å². The number of allylic oxidation sites excluding steroid dienone is 1. The van der Waals surface area contributed by atoms with Crippen molar-refractivity contribution in [2.24, 2.45) is 5.92 Å². The standard InChI is InChI=1S/C8H14O2/c1-7(2)8(9)5-4-6-10-3/h4-5,7H,6H2,1-3H3/b5-4-. The second-order valence-corrected chi connectivity index (χ2v) is 2.41. The van der Waals surface area contributed by atoms with Crippen molar-refractivity contribution < 1.29 is 9.53 Å². The van der Waals surface area contributed by atoms with E-state index in [9.17, 15) is 4.79 Å². The first-order chi connectivity index (χ1) is 4.68. The third kappa shape index (κ3) is 4.27. The summed E-state index contributed by atoms with van der Waals surface area (Å²) in [6, 6.07) is 0. The molecule has 0 aliphatic heterocycles. The fraction of sp³-hybridized carbons (Fsp3) is 0.625. The topological polar surface area (TPSA) is 26.3 Å². The third-order valence-electron chi connectivity index (χ3n) is 1.11. The van der Waals surface area contributed by atoms with E-state index in [0.29, 0.717) is 6.61 Å². The van der Waals surface area contributed by atoms with Crippen molar-refractivity contribution in [3.8, 4) is 0 Å². The van der Waals surface area contributed by atoms with Crippen LogP contribution in [0.4, 0.5) is 0 Å². The van der Waals surface area contributed by atoms with E-state index >= 15 is 0 Å². The number of ether oxygens (including phenoxy) is 1. The maximum absolute atomic E-state index is 10.9. The van der Waals surface area contributed by atoms with Gasteiger partial charge in [0.05, 0.1) is 6.61 Å². The predicted octanol–water partition coefficient (Wildman–Crippen LogP) is 1.41. The van der Waals surface area contributed by atoms with E-state index in [1.165, 1.54) is 0 Å². The summed E-state index contributed by atoms with van der Waals surface area (Å²) < 4.78 is 4.73. The largest absolute Gasteiger partial charge is 0.381 e. The van der Waals surface area contributed by atoms with Crippen LogP contribution in [-0.4, -0.2) is 19.5 Å². The molecule has 0 aromatic heterocycles. The zero-order valence-corrected chi connectivity index (χ0v) is 6.76. The van der Waals surface area contributed by atoms with E-state index < -0.39 is 0 Å². The molecule has 0 unspecified atom stereocenters. The third-order valence-corrected chi connectivity index (χ3v) is 1.11. The lowest BCUT2D eigenvalue weighted by Crippen LogP contribution is -2.02. The molecule has 0 saturated heterocycles. The second kappa shape index (κ2) is 5.18. The first-order valence-electron chi connectivity index (χ1n) is 3.37. The minimum Gasteiger partial charge on any atom is -0.381 e. The van der Waals surface area contributed by atoms with E-state index in [1.807, 2.05) is 13.8 Å². The molecule has 0 aromatic rings. The minimum absolute atomic E-state index is 0.0908. The van der Waals surface area contributed by atoms with Gasteiger partial charge in [0.2, 0.25) is 0 Å². The first-order valence-corrected chi connectivity index (χ1v) is 3.37. The lowest BCUT2D eigenvalue weighted by Gasteiger charge is -1.95. The number of ketones is 1. The van der Waals surface area contributed by atoms with Gasteiger partial charge in [-0.15, -0.1) is 0 Å². The molecule has 0 bridgehead atoms. The maximum Gasteiger partial charge on any atom is 0.157 e. The van der Waals surface area contributed by atoms with Crippen LogP contribution >= 0.6 is 0 Å². The highest BCUT2D eigenvalue weighted by molar-refractivity contribution is 5.91. The Balaban J connectivity index is 3.56. The smallest absolute Gasteiger partial charge is 0.157 e.